The van der Waals surface area contributed by atoms with E-state index in [-0.39, 0.29) is 6.61 Å². The fraction of sp³-hybridized carbons (Fsp3) is 0.429. The topological polar surface area (TPSA) is 67.8 Å². The average molecular weight is 265 g/mol. The smallest absolute Gasteiger partial charge is 0.129 e. The van der Waals surface area contributed by atoms with E-state index in [0.717, 1.165) is 17.3 Å². The first-order valence-electron chi connectivity index (χ1n) is 6.28. The maximum atomic E-state index is 9.71. The van der Waals surface area contributed by atoms with E-state index >= 15 is 0 Å². The summed E-state index contributed by atoms with van der Waals surface area (Å²) in [5.41, 5.74) is 0. The quantitative estimate of drug-likeness (QED) is 0.762. The Kier molecular flexibility index (Phi) is 5.20. The van der Waals surface area contributed by atoms with Gasteiger partial charge in [-0.2, -0.15) is 0 Å². The van der Waals surface area contributed by atoms with Crippen molar-refractivity contribution in [3.05, 3.63) is 47.8 Å². The van der Waals surface area contributed by atoms with Gasteiger partial charge in [0.25, 0.3) is 0 Å². The molecule has 0 saturated heterocycles. The molecule has 1 unspecified atom stereocenters. The Bertz CT molecular complexity index is 464. The molecule has 0 aromatic carbocycles. The largest absolute Gasteiger partial charge is 0.467 e. The SMILES string of the molecule is Cc1ccc(CNCC(O)COCc2ccco2)o1. The lowest BCUT2D eigenvalue weighted by molar-refractivity contribution is 0.0224. The first-order valence-corrected chi connectivity index (χ1v) is 6.28. The van der Waals surface area contributed by atoms with Crippen LogP contribution in [0.15, 0.2) is 39.4 Å². The molecule has 2 rings (SSSR count). The minimum absolute atomic E-state index is 0.269. The zero-order chi connectivity index (χ0) is 13.5. The number of nitrogens with one attached hydrogen (secondary N) is 1. The highest BCUT2D eigenvalue weighted by Crippen LogP contribution is 2.05. The maximum absolute atomic E-state index is 9.71. The Hall–Kier alpha value is -1.56. The lowest BCUT2D eigenvalue weighted by atomic mass is 10.3. The van der Waals surface area contributed by atoms with Crippen LogP contribution in [0.3, 0.4) is 0 Å². The molecule has 0 aliphatic heterocycles. The monoisotopic (exact) mass is 265 g/mol. The van der Waals surface area contributed by atoms with Gasteiger partial charge in [0.15, 0.2) is 0 Å². The molecular weight excluding hydrogens is 246 g/mol. The van der Waals surface area contributed by atoms with Crippen molar-refractivity contribution < 1.29 is 18.7 Å². The normalized spacial score (nSPS) is 12.7. The molecule has 5 nitrogen and oxygen atoms in total. The van der Waals surface area contributed by atoms with E-state index in [1.54, 1.807) is 6.26 Å². The molecular formula is C14H19NO4. The minimum Gasteiger partial charge on any atom is -0.467 e. The van der Waals surface area contributed by atoms with E-state index < -0.39 is 6.10 Å². The van der Waals surface area contributed by atoms with Gasteiger partial charge >= 0.3 is 0 Å². The molecule has 0 amide bonds. The van der Waals surface area contributed by atoms with Crippen LogP contribution in [0.5, 0.6) is 0 Å². The Morgan fingerprint density at radius 1 is 1.32 bits per heavy atom. The van der Waals surface area contributed by atoms with Crippen molar-refractivity contribution in [3.63, 3.8) is 0 Å². The summed E-state index contributed by atoms with van der Waals surface area (Å²) in [5.74, 6) is 2.51. The van der Waals surface area contributed by atoms with E-state index in [9.17, 15) is 5.11 Å². The summed E-state index contributed by atoms with van der Waals surface area (Å²) in [6.45, 7) is 3.61. The number of aryl methyl sites for hydroxylation is 1. The predicted molar refractivity (Wildman–Crippen MR) is 69.5 cm³/mol. The Balaban J connectivity index is 1.55. The van der Waals surface area contributed by atoms with Crippen LogP contribution in [-0.2, 0) is 17.9 Å². The molecule has 2 heterocycles. The van der Waals surface area contributed by atoms with Crippen LogP contribution >= 0.6 is 0 Å². The third kappa shape index (κ3) is 4.90. The number of hydrogen-bond donors (Lipinski definition) is 2. The van der Waals surface area contributed by atoms with Gasteiger partial charge in [0, 0.05) is 6.54 Å². The molecule has 0 bridgehead atoms. The second-order valence-electron chi connectivity index (χ2n) is 4.39. The molecule has 5 heteroatoms. The standard InChI is InChI=1S/C14H19NO4/c1-11-4-5-13(19-11)8-15-7-12(16)9-17-10-14-3-2-6-18-14/h2-6,12,15-16H,7-10H2,1H3. The highest BCUT2D eigenvalue weighted by atomic mass is 16.5. The molecule has 2 aromatic heterocycles. The third-order valence-electron chi connectivity index (χ3n) is 2.61. The number of aliphatic hydroxyl groups excluding tert-OH is 1. The first-order chi connectivity index (χ1) is 9.24. The van der Waals surface area contributed by atoms with E-state index in [4.69, 9.17) is 13.6 Å². The Morgan fingerprint density at radius 3 is 2.89 bits per heavy atom. The molecule has 1 atom stereocenters. The van der Waals surface area contributed by atoms with Gasteiger partial charge in [-0.25, -0.2) is 0 Å². The summed E-state index contributed by atoms with van der Waals surface area (Å²) in [6.07, 6.45) is 1.05. The summed E-state index contributed by atoms with van der Waals surface area (Å²) in [6, 6.07) is 7.48. The van der Waals surface area contributed by atoms with Gasteiger partial charge in [0.1, 0.15) is 23.9 Å². The summed E-state index contributed by atoms with van der Waals surface area (Å²) < 4.78 is 15.9. The van der Waals surface area contributed by atoms with Crippen LogP contribution < -0.4 is 5.32 Å². The lowest BCUT2D eigenvalue weighted by Gasteiger charge is -2.11. The van der Waals surface area contributed by atoms with Crippen LogP contribution in [0.4, 0.5) is 0 Å². The molecule has 2 aromatic rings. The summed E-state index contributed by atoms with van der Waals surface area (Å²) in [7, 11) is 0. The van der Waals surface area contributed by atoms with Gasteiger partial charge in [-0.3, -0.25) is 0 Å². The van der Waals surface area contributed by atoms with Crippen LogP contribution in [0.2, 0.25) is 0 Å². The van der Waals surface area contributed by atoms with Crippen molar-refractivity contribution in [1.82, 2.24) is 5.32 Å². The molecule has 0 aliphatic carbocycles. The summed E-state index contributed by atoms with van der Waals surface area (Å²) in [5, 5.41) is 12.8. The second-order valence-corrected chi connectivity index (χ2v) is 4.39. The highest BCUT2D eigenvalue weighted by molar-refractivity contribution is 5.05. The van der Waals surface area contributed by atoms with Crippen LogP contribution in [0.25, 0.3) is 0 Å². The number of aliphatic hydroxyl groups is 1. The number of ether oxygens (including phenoxy) is 1. The Morgan fingerprint density at radius 2 is 2.21 bits per heavy atom. The number of furan rings is 2. The first kappa shape index (κ1) is 13.9. The van der Waals surface area contributed by atoms with Crippen molar-refractivity contribution >= 4 is 0 Å². The van der Waals surface area contributed by atoms with Crippen molar-refractivity contribution in [3.8, 4) is 0 Å². The van der Waals surface area contributed by atoms with Gasteiger partial charge in [-0.1, -0.05) is 0 Å². The van der Waals surface area contributed by atoms with Gasteiger partial charge in [0.05, 0.1) is 25.5 Å². The predicted octanol–water partition coefficient (Wildman–Crippen LogP) is 1.85. The third-order valence-corrected chi connectivity index (χ3v) is 2.61. The molecule has 0 spiro atoms. The van der Waals surface area contributed by atoms with Crippen molar-refractivity contribution in [2.24, 2.45) is 0 Å². The van der Waals surface area contributed by atoms with Gasteiger partial charge in [-0.15, -0.1) is 0 Å². The molecule has 0 radical (unpaired) electrons. The minimum atomic E-state index is -0.550. The van der Waals surface area contributed by atoms with E-state index in [1.165, 1.54) is 0 Å². The van der Waals surface area contributed by atoms with Crippen molar-refractivity contribution in [2.75, 3.05) is 13.2 Å². The molecule has 0 fully saturated rings. The van der Waals surface area contributed by atoms with E-state index in [2.05, 4.69) is 5.32 Å². The second kappa shape index (κ2) is 7.13. The number of rotatable bonds is 8. The molecule has 0 saturated carbocycles. The molecule has 104 valence electrons. The fourth-order valence-corrected chi connectivity index (χ4v) is 1.69. The Labute approximate surface area is 112 Å². The fourth-order valence-electron chi connectivity index (χ4n) is 1.69. The maximum Gasteiger partial charge on any atom is 0.129 e. The van der Waals surface area contributed by atoms with E-state index in [0.29, 0.717) is 19.7 Å². The van der Waals surface area contributed by atoms with Gasteiger partial charge < -0.3 is 24.0 Å². The van der Waals surface area contributed by atoms with Gasteiger partial charge in [0.2, 0.25) is 0 Å². The lowest BCUT2D eigenvalue weighted by Crippen LogP contribution is -2.29. The zero-order valence-corrected chi connectivity index (χ0v) is 11.0. The van der Waals surface area contributed by atoms with Crippen molar-refractivity contribution in [2.45, 2.75) is 26.2 Å². The van der Waals surface area contributed by atoms with Crippen LogP contribution in [0.1, 0.15) is 17.3 Å². The zero-order valence-electron chi connectivity index (χ0n) is 11.0. The average Bonchev–Trinajstić information content (AvgIpc) is 3.01. The summed E-state index contributed by atoms with van der Waals surface area (Å²) >= 11 is 0. The number of hydrogen-bond acceptors (Lipinski definition) is 5. The molecule has 19 heavy (non-hydrogen) atoms. The summed E-state index contributed by atoms with van der Waals surface area (Å²) in [4.78, 5) is 0. The molecule has 2 N–H and O–H groups in total. The van der Waals surface area contributed by atoms with E-state index in [1.807, 2.05) is 31.2 Å². The molecule has 0 aliphatic rings. The highest BCUT2D eigenvalue weighted by Gasteiger charge is 2.06. The van der Waals surface area contributed by atoms with Crippen LogP contribution in [-0.4, -0.2) is 24.4 Å². The van der Waals surface area contributed by atoms with Crippen molar-refractivity contribution in [1.29, 1.82) is 0 Å². The van der Waals surface area contributed by atoms with Gasteiger partial charge in [-0.05, 0) is 31.2 Å². The van der Waals surface area contributed by atoms with Crippen LogP contribution in [0, 0.1) is 6.92 Å².